The number of hydrogen-bond acceptors (Lipinski definition) is 1. The Kier molecular flexibility index (Phi) is 2.81. The minimum Gasteiger partial charge on any atom is -0.295 e. The molecule has 2 aromatic rings. The minimum absolute atomic E-state index is 0.134. The third kappa shape index (κ3) is 1.96. The average Bonchev–Trinajstić information content (AvgIpc) is 2.53. The smallest absolute Gasteiger partial charge is 0.159 e. The van der Waals surface area contributed by atoms with Gasteiger partial charge in [-0.15, -0.1) is 0 Å². The number of fused-ring (bicyclic) bond motifs is 4. The summed E-state index contributed by atoms with van der Waals surface area (Å²) in [5.74, 6) is 0.134. The first kappa shape index (κ1) is 12.6. The second kappa shape index (κ2) is 4.70. The molecule has 0 fully saturated rings. The van der Waals surface area contributed by atoms with Crippen LogP contribution in [0.2, 0.25) is 0 Å². The van der Waals surface area contributed by atoms with Gasteiger partial charge in [-0.1, -0.05) is 42.0 Å². The first-order valence-electron chi connectivity index (χ1n) is 7.69. The van der Waals surface area contributed by atoms with E-state index in [2.05, 4.69) is 30.4 Å². The van der Waals surface area contributed by atoms with E-state index >= 15 is 0 Å². The topological polar surface area (TPSA) is 17.1 Å². The summed E-state index contributed by atoms with van der Waals surface area (Å²) >= 11 is 0. The predicted octanol–water partition coefficient (Wildman–Crippen LogP) is 5.09. The van der Waals surface area contributed by atoms with E-state index in [-0.39, 0.29) is 5.78 Å². The maximum atomic E-state index is 11.5. The molecule has 0 amide bonds. The summed E-state index contributed by atoms with van der Waals surface area (Å²) in [5, 5.41) is 2.49. The molecule has 104 valence electrons. The molecule has 0 unspecified atom stereocenters. The minimum atomic E-state index is 0.134. The highest BCUT2D eigenvalue weighted by atomic mass is 16.1. The first-order chi connectivity index (χ1) is 10.2. The normalized spacial score (nSPS) is 16.8. The van der Waals surface area contributed by atoms with Gasteiger partial charge in [-0.2, -0.15) is 0 Å². The highest BCUT2D eigenvalue weighted by Gasteiger charge is 2.20. The van der Waals surface area contributed by atoms with Crippen molar-refractivity contribution in [2.24, 2.45) is 0 Å². The van der Waals surface area contributed by atoms with E-state index in [0.29, 0.717) is 0 Å². The monoisotopic (exact) mass is 274 g/mol. The number of Topliss-reactive ketones (excluding diaryl/α,β-unsaturated/α-hetero) is 1. The molecule has 0 aliphatic heterocycles. The lowest BCUT2D eigenvalue weighted by molar-refractivity contribution is 0.101. The fourth-order valence-electron chi connectivity index (χ4n) is 3.66. The highest BCUT2D eigenvalue weighted by Crippen LogP contribution is 2.39. The van der Waals surface area contributed by atoms with E-state index in [1.807, 2.05) is 12.1 Å². The van der Waals surface area contributed by atoms with Crippen LogP contribution < -0.4 is 0 Å². The Labute approximate surface area is 125 Å². The van der Waals surface area contributed by atoms with Crippen LogP contribution in [0.25, 0.3) is 16.3 Å². The predicted molar refractivity (Wildman–Crippen MR) is 87.6 cm³/mol. The van der Waals surface area contributed by atoms with Gasteiger partial charge in [-0.05, 0) is 66.1 Å². The fourth-order valence-corrected chi connectivity index (χ4v) is 3.66. The zero-order chi connectivity index (χ0) is 14.4. The van der Waals surface area contributed by atoms with E-state index in [9.17, 15) is 4.79 Å². The lowest BCUT2D eigenvalue weighted by atomic mass is 9.79. The summed E-state index contributed by atoms with van der Waals surface area (Å²) in [5.41, 5.74) is 6.71. The molecule has 0 bridgehead atoms. The van der Waals surface area contributed by atoms with Gasteiger partial charge in [0.1, 0.15) is 0 Å². The molecule has 0 N–H and O–H groups in total. The summed E-state index contributed by atoms with van der Waals surface area (Å²) in [6.07, 6.45) is 9.29. The number of rotatable bonds is 1. The highest BCUT2D eigenvalue weighted by molar-refractivity contribution is 6.00. The quantitative estimate of drug-likeness (QED) is 0.662. The summed E-state index contributed by atoms with van der Waals surface area (Å²) in [4.78, 5) is 11.5. The molecule has 0 heterocycles. The van der Waals surface area contributed by atoms with Crippen LogP contribution in [0.1, 0.15) is 47.7 Å². The average molecular weight is 274 g/mol. The molecule has 4 rings (SSSR count). The second-order valence-corrected chi connectivity index (χ2v) is 6.04. The van der Waals surface area contributed by atoms with Crippen molar-refractivity contribution >= 4 is 22.1 Å². The number of carbonyl (C=O) groups excluding carboxylic acids is 1. The Bertz CT molecular complexity index is 821. The maximum absolute atomic E-state index is 11.5. The van der Waals surface area contributed by atoms with Crippen LogP contribution in [0.4, 0.5) is 0 Å². The van der Waals surface area contributed by atoms with Gasteiger partial charge >= 0.3 is 0 Å². The molecule has 1 nitrogen and oxygen atoms in total. The van der Waals surface area contributed by atoms with Crippen molar-refractivity contribution in [3.8, 4) is 0 Å². The zero-order valence-corrected chi connectivity index (χ0v) is 12.3. The van der Waals surface area contributed by atoms with Crippen LogP contribution in [0.5, 0.6) is 0 Å². The van der Waals surface area contributed by atoms with E-state index in [1.54, 1.807) is 12.5 Å². The first-order valence-corrected chi connectivity index (χ1v) is 7.69. The lowest BCUT2D eigenvalue weighted by Gasteiger charge is -2.25. The second-order valence-electron chi connectivity index (χ2n) is 6.04. The van der Waals surface area contributed by atoms with Gasteiger partial charge < -0.3 is 0 Å². The molecule has 0 atom stereocenters. The molecule has 2 aromatic carbocycles. The van der Waals surface area contributed by atoms with Crippen molar-refractivity contribution in [1.29, 1.82) is 0 Å². The fraction of sp³-hybridized carbons (Fsp3) is 0.250. The summed E-state index contributed by atoms with van der Waals surface area (Å²) < 4.78 is 0. The van der Waals surface area contributed by atoms with Gasteiger partial charge in [0.05, 0.1) is 0 Å². The summed E-state index contributed by atoms with van der Waals surface area (Å²) in [6.45, 7) is 1.63. The molecule has 0 saturated carbocycles. The number of hydrogen-bond donors (Lipinski definition) is 0. The van der Waals surface area contributed by atoms with Gasteiger partial charge in [-0.3, -0.25) is 4.79 Å². The lowest BCUT2D eigenvalue weighted by Crippen LogP contribution is -2.07. The summed E-state index contributed by atoms with van der Waals surface area (Å²) in [7, 11) is 0. The molecule has 2 aliphatic rings. The Balaban J connectivity index is 1.94. The van der Waals surface area contributed by atoms with E-state index in [4.69, 9.17) is 0 Å². The third-order valence-corrected chi connectivity index (χ3v) is 4.78. The maximum Gasteiger partial charge on any atom is 0.159 e. The molecule has 0 spiro atoms. The molecule has 21 heavy (non-hydrogen) atoms. The van der Waals surface area contributed by atoms with Crippen molar-refractivity contribution in [2.75, 3.05) is 0 Å². The van der Waals surface area contributed by atoms with Crippen LogP contribution in [-0.4, -0.2) is 5.78 Å². The van der Waals surface area contributed by atoms with Gasteiger partial charge in [0, 0.05) is 5.56 Å². The van der Waals surface area contributed by atoms with Gasteiger partial charge in [0.15, 0.2) is 5.78 Å². The van der Waals surface area contributed by atoms with Gasteiger partial charge in [0.2, 0.25) is 0 Å². The van der Waals surface area contributed by atoms with Crippen molar-refractivity contribution in [2.45, 2.75) is 32.6 Å². The number of ketones is 1. The van der Waals surface area contributed by atoms with Crippen molar-refractivity contribution < 1.29 is 4.79 Å². The SMILES string of the molecule is CC(=O)c1ccc2c3c(ccc2c1)C1=C(CCC=C1)CC3. The molecular weight excluding hydrogens is 256 g/mol. The van der Waals surface area contributed by atoms with Gasteiger partial charge in [-0.25, -0.2) is 0 Å². The van der Waals surface area contributed by atoms with Gasteiger partial charge in [0.25, 0.3) is 0 Å². The van der Waals surface area contributed by atoms with Crippen molar-refractivity contribution in [1.82, 2.24) is 0 Å². The number of allylic oxidation sites excluding steroid dienone is 4. The molecule has 0 aromatic heterocycles. The van der Waals surface area contributed by atoms with Crippen molar-refractivity contribution in [3.63, 3.8) is 0 Å². The summed E-state index contributed by atoms with van der Waals surface area (Å²) in [6, 6.07) is 10.5. The number of aryl methyl sites for hydroxylation is 1. The zero-order valence-electron chi connectivity index (χ0n) is 12.3. The standard InChI is InChI=1S/C20H18O/c1-13(21)15-7-9-18-16(12-15)8-11-19-17-5-3-2-4-14(17)6-10-20(18)19/h3,5,7-9,11-12H,2,4,6,10H2,1H3. The Morgan fingerprint density at radius 2 is 1.95 bits per heavy atom. The molecular formula is C20H18O. The van der Waals surface area contributed by atoms with Crippen LogP contribution in [-0.2, 0) is 6.42 Å². The number of benzene rings is 2. The Morgan fingerprint density at radius 1 is 1.05 bits per heavy atom. The Morgan fingerprint density at radius 3 is 2.81 bits per heavy atom. The molecule has 0 saturated heterocycles. The van der Waals surface area contributed by atoms with E-state index in [0.717, 1.165) is 12.0 Å². The number of carbonyl (C=O) groups is 1. The molecule has 2 aliphatic carbocycles. The van der Waals surface area contributed by atoms with E-state index in [1.165, 1.54) is 46.7 Å². The van der Waals surface area contributed by atoms with Crippen molar-refractivity contribution in [3.05, 3.63) is 64.7 Å². The van der Waals surface area contributed by atoms with E-state index < -0.39 is 0 Å². The molecule has 0 radical (unpaired) electrons. The van der Waals surface area contributed by atoms with Crippen LogP contribution in [0, 0.1) is 0 Å². The van der Waals surface area contributed by atoms with Crippen LogP contribution in [0.15, 0.2) is 48.1 Å². The largest absolute Gasteiger partial charge is 0.295 e. The van der Waals surface area contributed by atoms with Crippen LogP contribution in [0.3, 0.4) is 0 Å². The Hall–Kier alpha value is -2.15. The van der Waals surface area contributed by atoms with Crippen LogP contribution >= 0.6 is 0 Å². The molecule has 1 heteroatoms. The third-order valence-electron chi connectivity index (χ3n) is 4.78.